The fraction of sp³-hybridized carbons (Fsp3) is 0.500. The smallest absolute Gasteiger partial charge is 0.203 e. The van der Waals surface area contributed by atoms with Crippen LogP contribution in [0.15, 0.2) is 4.34 Å². The second-order valence-corrected chi connectivity index (χ2v) is 4.32. The normalized spacial score (nSPS) is 10.1. The maximum absolute atomic E-state index is 10.9. The van der Waals surface area contributed by atoms with Gasteiger partial charge in [0.15, 0.2) is 4.34 Å². The molecule has 0 amide bonds. The molecule has 1 aromatic heterocycles. The van der Waals surface area contributed by atoms with Crippen LogP contribution in [-0.2, 0) is 4.79 Å². The van der Waals surface area contributed by atoms with Crippen molar-refractivity contribution in [2.75, 3.05) is 11.5 Å². The molecular weight excluding hydrogens is 194 g/mol. The lowest BCUT2D eigenvalue weighted by molar-refractivity contribution is -0.116. The number of aromatic nitrogens is 2. The number of nitrogens with zero attached hydrogens (tertiary/aromatic N) is 2. The van der Waals surface area contributed by atoms with Crippen molar-refractivity contribution in [1.82, 2.24) is 10.2 Å². The van der Waals surface area contributed by atoms with E-state index < -0.39 is 0 Å². The van der Waals surface area contributed by atoms with Crippen LogP contribution < -0.4 is 5.73 Å². The lowest BCUT2D eigenvalue weighted by Crippen LogP contribution is -1.97. The van der Waals surface area contributed by atoms with Gasteiger partial charge in [0.25, 0.3) is 0 Å². The second-order valence-electron chi connectivity index (χ2n) is 2.09. The van der Waals surface area contributed by atoms with Crippen molar-refractivity contribution in [3.63, 3.8) is 0 Å². The number of hydrogen-bond donors (Lipinski definition) is 1. The van der Waals surface area contributed by atoms with E-state index in [0.717, 1.165) is 4.34 Å². The van der Waals surface area contributed by atoms with Crippen LogP contribution in [0.25, 0.3) is 0 Å². The molecule has 1 rings (SSSR count). The lowest BCUT2D eigenvalue weighted by atomic mass is 10.4. The Morgan fingerprint density at radius 1 is 1.67 bits per heavy atom. The van der Waals surface area contributed by atoms with Gasteiger partial charge < -0.3 is 5.73 Å². The highest BCUT2D eigenvalue weighted by Crippen LogP contribution is 2.23. The number of hydrogen-bond acceptors (Lipinski definition) is 6. The third-order valence-corrected chi connectivity index (χ3v) is 3.12. The van der Waals surface area contributed by atoms with E-state index in [0.29, 0.717) is 17.3 Å². The maximum atomic E-state index is 10.9. The number of thioether (sulfide) groups is 1. The highest BCUT2D eigenvalue weighted by molar-refractivity contribution is 8.01. The lowest BCUT2D eigenvalue weighted by Gasteiger charge is -1.91. The monoisotopic (exact) mass is 203 g/mol. The molecule has 0 aromatic carbocycles. The molecule has 1 aromatic rings. The number of rotatable bonds is 4. The fourth-order valence-electron chi connectivity index (χ4n) is 0.523. The van der Waals surface area contributed by atoms with Gasteiger partial charge in [-0.15, -0.1) is 10.2 Å². The molecule has 6 heteroatoms. The van der Waals surface area contributed by atoms with Gasteiger partial charge in [0.2, 0.25) is 5.13 Å². The van der Waals surface area contributed by atoms with Crippen LogP contribution in [0.3, 0.4) is 0 Å². The second kappa shape index (κ2) is 4.42. The Morgan fingerprint density at radius 2 is 2.42 bits per heavy atom. The molecule has 66 valence electrons. The molecule has 4 nitrogen and oxygen atoms in total. The van der Waals surface area contributed by atoms with E-state index >= 15 is 0 Å². The molecule has 1 heterocycles. The Labute approximate surface area is 78.6 Å². The van der Waals surface area contributed by atoms with E-state index in [-0.39, 0.29) is 5.78 Å². The number of nitrogen functional groups attached to an aromatic ring is 1. The van der Waals surface area contributed by atoms with E-state index in [9.17, 15) is 4.79 Å². The zero-order chi connectivity index (χ0) is 8.97. The number of carbonyl (C=O) groups excluding carboxylic acids is 1. The molecule has 0 aliphatic carbocycles. The first-order valence-electron chi connectivity index (χ1n) is 3.46. The summed E-state index contributed by atoms with van der Waals surface area (Å²) in [6.45, 7) is 1.84. The highest BCUT2D eigenvalue weighted by atomic mass is 32.2. The van der Waals surface area contributed by atoms with Crippen molar-refractivity contribution in [1.29, 1.82) is 0 Å². The van der Waals surface area contributed by atoms with Crippen LogP contribution in [0.1, 0.15) is 13.3 Å². The Kier molecular flexibility index (Phi) is 3.48. The van der Waals surface area contributed by atoms with Crippen LogP contribution in [-0.4, -0.2) is 21.7 Å². The number of carbonyl (C=O) groups is 1. The predicted octanol–water partition coefficient (Wildman–Crippen LogP) is 1.19. The first-order chi connectivity index (χ1) is 5.72. The third kappa shape index (κ3) is 2.78. The SMILES string of the molecule is CCC(=O)CSc1nnc(N)s1. The van der Waals surface area contributed by atoms with Gasteiger partial charge in [-0.05, 0) is 0 Å². The van der Waals surface area contributed by atoms with Gasteiger partial charge in [-0.25, -0.2) is 0 Å². The van der Waals surface area contributed by atoms with Crippen LogP contribution in [0, 0.1) is 0 Å². The summed E-state index contributed by atoms with van der Waals surface area (Å²) in [6, 6.07) is 0. The Balaban J connectivity index is 2.38. The average molecular weight is 203 g/mol. The van der Waals surface area contributed by atoms with E-state index in [1.54, 1.807) is 0 Å². The van der Waals surface area contributed by atoms with Gasteiger partial charge in [-0.1, -0.05) is 30.0 Å². The Hall–Kier alpha value is -0.620. The van der Waals surface area contributed by atoms with Crippen LogP contribution in [0.5, 0.6) is 0 Å². The van der Waals surface area contributed by atoms with Gasteiger partial charge in [0, 0.05) is 6.42 Å². The van der Waals surface area contributed by atoms with E-state index in [4.69, 9.17) is 5.73 Å². The van der Waals surface area contributed by atoms with Crippen molar-refractivity contribution < 1.29 is 4.79 Å². The van der Waals surface area contributed by atoms with E-state index in [1.165, 1.54) is 23.1 Å². The molecule has 0 bridgehead atoms. The average Bonchev–Trinajstić information content (AvgIpc) is 2.47. The first kappa shape index (κ1) is 9.47. The number of anilines is 1. The molecule has 12 heavy (non-hydrogen) atoms. The van der Waals surface area contributed by atoms with Crippen LogP contribution in [0.4, 0.5) is 5.13 Å². The summed E-state index contributed by atoms with van der Waals surface area (Å²) in [5.74, 6) is 0.680. The summed E-state index contributed by atoms with van der Waals surface area (Å²) < 4.78 is 0.759. The minimum atomic E-state index is 0.216. The largest absolute Gasteiger partial charge is 0.374 e. The van der Waals surface area contributed by atoms with Crippen LogP contribution >= 0.6 is 23.1 Å². The molecule has 0 saturated heterocycles. The number of Topliss-reactive ketones (excluding diaryl/α,β-unsaturated/α-hetero) is 1. The summed E-state index contributed by atoms with van der Waals surface area (Å²) in [4.78, 5) is 10.9. The molecule has 0 unspecified atom stereocenters. The summed E-state index contributed by atoms with van der Waals surface area (Å²) in [7, 11) is 0. The predicted molar refractivity (Wildman–Crippen MR) is 50.3 cm³/mol. The van der Waals surface area contributed by atoms with Gasteiger partial charge in [-0.2, -0.15) is 0 Å². The standard InChI is InChI=1S/C6H9N3OS2/c1-2-4(10)3-11-6-9-8-5(7)12-6/h2-3H2,1H3,(H2,7,8). The molecule has 0 radical (unpaired) electrons. The molecule has 2 N–H and O–H groups in total. The molecule has 0 atom stereocenters. The summed E-state index contributed by atoms with van der Waals surface area (Å²) in [5.41, 5.74) is 5.36. The minimum absolute atomic E-state index is 0.216. The zero-order valence-corrected chi connectivity index (χ0v) is 8.24. The molecule has 0 aliphatic rings. The van der Waals surface area contributed by atoms with Crippen molar-refractivity contribution in [3.8, 4) is 0 Å². The number of ketones is 1. The zero-order valence-electron chi connectivity index (χ0n) is 6.61. The van der Waals surface area contributed by atoms with Gasteiger partial charge in [0.1, 0.15) is 5.78 Å². The molecule has 0 fully saturated rings. The molecular formula is C6H9N3OS2. The minimum Gasteiger partial charge on any atom is -0.374 e. The quantitative estimate of drug-likeness (QED) is 0.744. The molecule has 0 aliphatic heterocycles. The summed E-state index contributed by atoms with van der Waals surface area (Å²) in [5, 5.41) is 7.86. The summed E-state index contributed by atoms with van der Waals surface area (Å²) >= 11 is 2.70. The summed E-state index contributed by atoms with van der Waals surface area (Å²) in [6.07, 6.45) is 0.571. The van der Waals surface area contributed by atoms with Gasteiger partial charge in [0.05, 0.1) is 5.75 Å². The topological polar surface area (TPSA) is 68.9 Å². The molecule has 0 saturated carbocycles. The van der Waals surface area contributed by atoms with Crippen molar-refractivity contribution >= 4 is 34.0 Å². The van der Waals surface area contributed by atoms with Crippen molar-refractivity contribution in [2.45, 2.75) is 17.7 Å². The maximum Gasteiger partial charge on any atom is 0.203 e. The fourth-order valence-corrected chi connectivity index (χ4v) is 2.12. The number of nitrogens with two attached hydrogens (primary N) is 1. The van der Waals surface area contributed by atoms with Gasteiger partial charge in [-0.3, -0.25) is 4.79 Å². The van der Waals surface area contributed by atoms with Crippen molar-refractivity contribution in [2.24, 2.45) is 0 Å². The van der Waals surface area contributed by atoms with E-state index in [2.05, 4.69) is 10.2 Å². The molecule has 0 spiro atoms. The van der Waals surface area contributed by atoms with Crippen molar-refractivity contribution in [3.05, 3.63) is 0 Å². The first-order valence-corrected chi connectivity index (χ1v) is 5.26. The third-order valence-electron chi connectivity index (χ3n) is 1.17. The Morgan fingerprint density at radius 3 is 2.92 bits per heavy atom. The van der Waals surface area contributed by atoms with E-state index in [1.807, 2.05) is 6.92 Å². The Bertz CT molecular complexity index is 274. The van der Waals surface area contributed by atoms with Crippen LogP contribution in [0.2, 0.25) is 0 Å². The van der Waals surface area contributed by atoms with Gasteiger partial charge >= 0.3 is 0 Å². The highest BCUT2D eigenvalue weighted by Gasteiger charge is 2.04.